The standard InChI is InChI=1S/C12H18FNO/c1-14-12(6-7-15-2)9-10-4-3-5-11(13)8-10/h3-5,8,12,14H,6-7,9H2,1-2H3. The van der Waals surface area contributed by atoms with Crippen molar-refractivity contribution in [1.82, 2.24) is 5.32 Å². The highest BCUT2D eigenvalue weighted by molar-refractivity contribution is 5.17. The first-order valence-electron chi connectivity index (χ1n) is 5.17. The van der Waals surface area contributed by atoms with Gasteiger partial charge >= 0.3 is 0 Å². The van der Waals surface area contributed by atoms with E-state index in [1.807, 2.05) is 13.1 Å². The zero-order valence-electron chi connectivity index (χ0n) is 9.29. The second kappa shape index (κ2) is 6.53. The van der Waals surface area contributed by atoms with E-state index in [9.17, 15) is 4.39 Å². The van der Waals surface area contributed by atoms with Gasteiger partial charge < -0.3 is 10.1 Å². The molecule has 0 heterocycles. The van der Waals surface area contributed by atoms with Gasteiger partial charge in [-0.3, -0.25) is 0 Å². The third kappa shape index (κ3) is 4.40. The van der Waals surface area contributed by atoms with Crippen molar-refractivity contribution in [3.05, 3.63) is 35.6 Å². The zero-order valence-corrected chi connectivity index (χ0v) is 9.29. The van der Waals surface area contributed by atoms with Crippen molar-refractivity contribution in [3.63, 3.8) is 0 Å². The van der Waals surface area contributed by atoms with Crippen molar-refractivity contribution >= 4 is 0 Å². The van der Waals surface area contributed by atoms with E-state index in [0.29, 0.717) is 6.04 Å². The molecule has 0 radical (unpaired) electrons. The summed E-state index contributed by atoms with van der Waals surface area (Å²) in [6.45, 7) is 0.723. The second-order valence-corrected chi connectivity index (χ2v) is 3.60. The van der Waals surface area contributed by atoms with Crippen LogP contribution in [0.1, 0.15) is 12.0 Å². The number of nitrogens with one attached hydrogen (secondary N) is 1. The second-order valence-electron chi connectivity index (χ2n) is 3.60. The lowest BCUT2D eigenvalue weighted by molar-refractivity contribution is 0.184. The molecule has 0 aromatic heterocycles. The summed E-state index contributed by atoms with van der Waals surface area (Å²) in [5.41, 5.74) is 1.02. The number of hydrogen-bond donors (Lipinski definition) is 1. The lowest BCUT2D eigenvalue weighted by atomic mass is 10.0. The van der Waals surface area contributed by atoms with Crippen LogP contribution in [0.3, 0.4) is 0 Å². The Bertz CT molecular complexity index is 291. The van der Waals surface area contributed by atoms with Gasteiger partial charge in [0.2, 0.25) is 0 Å². The Hall–Kier alpha value is -0.930. The molecule has 0 saturated heterocycles. The molecule has 0 spiro atoms. The van der Waals surface area contributed by atoms with Gasteiger partial charge in [-0.15, -0.1) is 0 Å². The maximum absolute atomic E-state index is 12.9. The molecule has 0 amide bonds. The molecule has 1 rings (SSSR count). The van der Waals surface area contributed by atoms with Gasteiger partial charge in [-0.1, -0.05) is 12.1 Å². The monoisotopic (exact) mass is 211 g/mol. The topological polar surface area (TPSA) is 21.3 Å². The van der Waals surface area contributed by atoms with Gasteiger partial charge in [0.05, 0.1) is 0 Å². The van der Waals surface area contributed by atoms with Crippen molar-refractivity contribution < 1.29 is 9.13 Å². The number of likely N-dealkylation sites (N-methyl/N-ethyl adjacent to an activating group) is 1. The third-order valence-corrected chi connectivity index (χ3v) is 2.45. The van der Waals surface area contributed by atoms with Crippen LogP contribution in [-0.4, -0.2) is 26.8 Å². The van der Waals surface area contributed by atoms with E-state index < -0.39 is 0 Å². The number of benzene rings is 1. The molecule has 1 N–H and O–H groups in total. The fourth-order valence-corrected chi connectivity index (χ4v) is 1.56. The molecular formula is C12H18FNO. The Morgan fingerprint density at radius 3 is 2.87 bits per heavy atom. The average molecular weight is 211 g/mol. The Morgan fingerprint density at radius 2 is 2.27 bits per heavy atom. The maximum atomic E-state index is 12.9. The van der Waals surface area contributed by atoms with E-state index in [1.54, 1.807) is 19.2 Å². The van der Waals surface area contributed by atoms with Crippen LogP contribution in [0.2, 0.25) is 0 Å². The molecule has 0 aliphatic rings. The molecule has 15 heavy (non-hydrogen) atoms. The Labute approximate surface area is 90.4 Å². The normalized spacial score (nSPS) is 12.7. The summed E-state index contributed by atoms with van der Waals surface area (Å²) in [4.78, 5) is 0. The quantitative estimate of drug-likeness (QED) is 0.777. The van der Waals surface area contributed by atoms with E-state index in [-0.39, 0.29) is 5.82 Å². The highest BCUT2D eigenvalue weighted by atomic mass is 19.1. The summed E-state index contributed by atoms with van der Waals surface area (Å²) in [6.07, 6.45) is 1.77. The van der Waals surface area contributed by atoms with Crippen LogP contribution in [0, 0.1) is 5.82 Å². The largest absolute Gasteiger partial charge is 0.385 e. The van der Waals surface area contributed by atoms with E-state index in [4.69, 9.17) is 4.74 Å². The SMILES string of the molecule is CNC(CCOC)Cc1cccc(F)c1. The first-order chi connectivity index (χ1) is 7.26. The molecular weight excluding hydrogens is 193 g/mol. The first kappa shape index (κ1) is 12.1. The molecule has 1 aromatic rings. The van der Waals surface area contributed by atoms with E-state index in [1.165, 1.54) is 6.07 Å². The Kier molecular flexibility index (Phi) is 5.29. The highest BCUT2D eigenvalue weighted by Gasteiger charge is 2.07. The maximum Gasteiger partial charge on any atom is 0.123 e. The van der Waals surface area contributed by atoms with Gasteiger partial charge in [-0.05, 0) is 37.6 Å². The summed E-state index contributed by atoms with van der Waals surface area (Å²) in [5, 5.41) is 3.20. The molecule has 1 aromatic carbocycles. The van der Waals surface area contributed by atoms with Crippen molar-refractivity contribution in [2.45, 2.75) is 18.9 Å². The van der Waals surface area contributed by atoms with E-state index >= 15 is 0 Å². The number of hydrogen-bond acceptors (Lipinski definition) is 2. The van der Waals surface area contributed by atoms with Gasteiger partial charge in [0.1, 0.15) is 5.82 Å². The molecule has 0 bridgehead atoms. The lowest BCUT2D eigenvalue weighted by Gasteiger charge is -2.15. The molecule has 0 fully saturated rings. The Balaban J connectivity index is 2.50. The zero-order chi connectivity index (χ0) is 11.1. The van der Waals surface area contributed by atoms with Crippen LogP contribution in [0.4, 0.5) is 4.39 Å². The van der Waals surface area contributed by atoms with Crippen LogP contribution >= 0.6 is 0 Å². The number of rotatable bonds is 6. The fourth-order valence-electron chi connectivity index (χ4n) is 1.56. The molecule has 1 atom stereocenters. The van der Waals surface area contributed by atoms with Crippen molar-refractivity contribution in [2.24, 2.45) is 0 Å². The predicted octanol–water partition coefficient (Wildman–Crippen LogP) is 1.99. The van der Waals surface area contributed by atoms with Crippen LogP contribution in [0.25, 0.3) is 0 Å². The van der Waals surface area contributed by atoms with Gasteiger partial charge in [0, 0.05) is 19.8 Å². The average Bonchev–Trinajstić information content (AvgIpc) is 2.24. The van der Waals surface area contributed by atoms with Gasteiger partial charge in [0.15, 0.2) is 0 Å². The highest BCUT2D eigenvalue weighted by Crippen LogP contribution is 2.08. The molecule has 84 valence electrons. The smallest absolute Gasteiger partial charge is 0.123 e. The number of halogens is 1. The summed E-state index contributed by atoms with van der Waals surface area (Å²) >= 11 is 0. The van der Waals surface area contributed by atoms with E-state index in [0.717, 1.165) is 25.0 Å². The molecule has 2 nitrogen and oxygen atoms in total. The van der Waals surface area contributed by atoms with Crippen LogP contribution in [0.15, 0.2) is 24.3 Å². The summed E-state index contributed by atoms with van der Waals surface area (Å²) < 4.78 is 17.9. The van der Waals surface area contributed by atoms with Crippen LogP contribution in [0.5, 0.6) is 0 Å². The van der Waals surface area contributed by atoms with Crippen molar-refractivity contribution in [3.8, 4) is 0 Å². The van der Waals surface area contributed by atoms with Gasteiger partial charge in [-0.25, -0.2) is 4.39 Å². The van der Waals surface area contributed by atoms with Crippen LogP contribution < -0.4 is 5.32 Å². The van der Waals surface area contributed by atoms with Gasteiger partial charge in [0.25, 0.3) is 0 Å². The molecule has 3 heteroatoms. The Morgan fingerprint density at radius 1 is 1.47 bits per heavy atom. The first-order valence-corrected chi connectivity index (χ1v) is 5.17. The molecule has 0 aliphatic heterocycles. The van der Waals surface area contributed by atoms with Crippen molar-refractivity contribution in [2.75, 3.05) is 20.8 Å². The number of ether oxygens (including phenoxy) is 1. The minimum Gasteiger partial charge on any atom is -0.385 e. The molecule has 1 unspecified atom stereocenters. The minimum atomic E-state index is -0.172. The summed E-state index contributed by atoms with van der Waals surface area (Å²) in [7, 11) is 3.61. The van der Waals surface area contributed by atoms with Crippen molar-refractivity contribution in [1.29, 1.82) is 0 Å². The third-order valence-electron chi connectivity index (χ3n) is 2.45. The minimum absolute atomic E-state index is 0.172. The lowest BCUT2D eigenvalue weighted by Crippen LogP contribution is -2.28. The van der Waals surface area contributed by atoms with Gasteiger partial charge in [-0.2, -0.15) is 0 Å². The fraction of sp³-hybridized carbons (Fsp3) is 0.500. The predicted molar refractivity (Wildman–Crippen MR) is 59.4 cm³/mol. The van der Waals surface area contributed by atoms with Crippen LogP contribution in [-0.2, 0) is 11.2 Å². The molecule has 0 saturated carbocycles. The van der Waals surface area contributed by atoms with E-state index in [2.05, 4.69) is 5.32 Å². The number of methoxy groups -OCH3 is 1. The molecule has 0 aliphatic carbocycles. The summed E-state index contributed by atoms with van der Waals surface area (Å²) in [5.74, 6) is -0.172. The summed E-state index contributed by atoms with van der Waals surface area (Å²) in [6, 6.07) is 7.07.